The molecular weight excluding hydrogens is 310 g/mol. The lowest BCUT2D eigenvalue weighted by molar-refractivity contribution is 0.215. The van der Waals surface area contributed by atoms with Gasteiger partial charge in [0.05, 0.1) is 13.7 Å². The Bertz CT molecular complexity index is 713. The maximum atomic E-state index is 11.8. The van der Waals surface area contributed by atoms with Crippen LogP contribution < -0.4 is 26.3 Å². The summed E-state index contributed by atoms with van der Waals surface area (Å²) < 4.78 is 9.67. The third-order valence-electron chi connectivity index (χ3n) is 3.38. The van der Waals surface area contributed by atoms with E-state index in [9.17, 15) is 4.79 Å². The molecule has 8 heteroatoms. The molecule has 1 aliphatic rings. The number of ether oxygens (including phenoxy) is 2. The first kappa shape index (κ1) is 17.8. The normalized spacial score (nSPS) is 12.1. The maximum Gasteiger partial charge on any atom is 0.277 e. The number of fused-ring (bicyclic) bond motifs is 1. The van der Waals surface area contributed by atoms with Crippen molar-refractivity contribution in [1.82, 2.24) is 15.5 Å². The second-order valence-corrected chi connectivity index (χ2v) is 5.10. The predicted molar refractivity (Wildman–Crippen MR) is 93.1 cm³/mol. The summed E-state index contributed by atoms with van der Waals surface area (Å²) >= 11 is 0. The highest BCUT2D eigenvalue weighted by Gasteiger charge is 2.23. The highest BCUT2D eigenvalue weighted by Crippen LogP contribution is 2.24. The van der Waals surface area contributed by atoms with Gasteiger partial charge in [0.15, 0.2) is 11.5 Å². The SMILES string of the molecule is CCOC.COc1ccc(CN2NNc3c2nc(C)[nH]c3=O)cc1. The molecule has 1 aliphatic heterocycles. The van der Waals surface area contributed by atoms with Crippen molar-refractivity contribution in [2.24, 2.45) is 0 Å². The summed E-state index contributed by atoms with van der Waals surface area (Å²) in [5.41, 5.74) is 7.10. The van der Waals surface area contributed by atoms with Gasteiger partial charge >= 0.3 is 0 Å². The molecule has 0 bridgehead atoms. The minimum absolute atomic E-state index is 0.183. The van der Waals surface area contributed by atoms with Gasteiger partial charge in [-0.1, -0.05) is 12.1 Å². The van der Waals surface area contributed by atoms with Crippen LogP contribution in [0, 0.1) is 6.92 Å². The number of benzene rings is 1. The third kappa shape index (κ3) is 4.24. The number of aryl methyl sites for hydroxylation is 1. The summed E-state index contributed by atoms with van der Waals surface area (Å²) in [5.74, 6) is 1.99. The van der Waals surface area contributed by atoms with Gasteiger partial charge in [-0.15, -0.1) is 5.53 Å². The Morgan fingerprint density at radius 2 is 1.88 bits per heavy atom. The summed E-state index contributed by atoms with van der Waals surface area (Å²) in [6.45, 7) is 5.12. The molecule has 130 valence electrons. The fourth-order valence-electron chi connectivity index (χ4n) is 2.08. The summed E-state index contributed by atoms with van der Waals surface area (Å²) in [7, 11) is 3.32. The van der Waals surface area contributed by atoms with Gasteiger partial charge in [0.25, 0.3) is 5.56 Å². The Labute approximate surface area is 140 Å². The van der Waals surface area contributed by atoms with E-state index in [2.05, 4.69) is 25.7 Å². The van der Waals surface area contributed by atoms with Crippen molar-refractivity contribution in [2.75, 3.05) is 31.3 Å². The zero-order valence-electron chi connectivity index (χ0n) is 14.3. The standard InChI is InChI=1S/C13H15N5O2.C3H8O/c1-8-14-12-11(13(19)15-8)16-17-18(12)7-9-3-5-10(20-2)6-4-9;1-3-4-2/h3-6,16-17H,7H2,1-2H3,(H,14,15,19);3H2,1-2H3. The van der Waals surface area contributed by atoms with Gasteiger partial charge in [-0.2, -0.15) is 0 Å². The number of aromatic nitrogens is 2. The van der Waals surface area contributed by atoms with Crippen LogP contribution in [0.2, 0.25) is 0 Å². The molecule has 0 spiro atoms. The van der Waals surface area contributed by atoms with Crippen molar-refractivity contribution in [3.05, 3.63) is 46.0 Å². The fraction of sp³-hybridized carbons (Fsp3) is 0.375. The summed E-state index contributed by atoms with van der Waals surface area (Å²) in [6.07, 6.45) is 0. The number of aromatic amines is 1. The Kier molecular flexibility index (Phi) is 6.16. The van der Waals surface area contributed by atoms with Crippen LogP contribution in [0.3, 0.4) is 0 Å². The molecule has 0 aliphatic carbocycles. The van der Waals surface area contributed by atoms with Crippen molar-refractivity contribution in [3.63, 3.8) is 0 Å². The molecule has 3 N–H and O–H groups in total. The molecule has 2 aromatic rings. The van der Waals surface area contributed by atoms with Gasteiger partial charge in [0.2, 0.25) is 0 Å². The molecule has 2 heterocycles. The minimum Gasteiger partial charge on any atom is -0.497 e. The first-order valence-electron chi connectivity index (χ1n) is 7.61. The van der Waals surface area contributed by atoms with Crippen LogP contribution in [-0.4, -0.2) is 30.8 Å². The van der Waals surface area contributed by atoms with E-state index in [1.807, 2.05) is 31.2 Å². The number of rotatable bonds is 4. The molecule has 1 aromatic carbocycles. The number of hydrogen-bond donors (Lipinski definition) is 3. The largest absolute Gasteiger partial charge is 0.497 e. The fourth-order valence-corrected chi connectivity index (χ4v) is 2.08. The molecule has 0 atom stereocenters. The monoisotopic (exact) mass is 333 g/mol. The highest BCUT2D eigenvalue weighted by molar-refractivity contribution is 5.67. The van der Waals surface area contributed by atoms with Crippen molar-refractivity contribution < 1.29 is 9.47 Å². The topological polar surface area (TPSA) is 91.5 Å². The summed E-state index contributed by atoms with van der Waals surface area (Å²) in [5, 5.41) is 1.79. The number of methoxy groups -OCH3 is 2. The maximum absolute atomic E-state index is 11.8. The molecule has 3 rings (SSSR count). The van der Waals surface area contributed by atoms with E-state index in [0.29, 0.717) is 23.9 Å². The quantitative estimate of drug-likeness (QED) is 0.782. The number of nitrogens with one attached hydrogen (secondary N) is 3. The van der Waals surface area contributed by atoms with Gasteiger partial charge in [-0.3, -0.25) is 15.2 Å². The average Bonchev–Trinajstić information content (AvgIpc) is 2.99. The first-order chi connectivity index (χ1) is 11.6. The van der Waals surface area contributed by atoms with Crippen LogP contribution in [-0.2, 0) is 11.3 Å². The molecule has 0 saturated heterocycles. The zero-order chi connectivity index (χ0) is 17.5. The molecule has 24 heavy (non-hydrogen) atoms. The molecule has 0 radical (unpaired) electrons. The van der Waals surface area contributed by atoms with Gasteiger partial charge in [-0.05, 0) is 31.5 Å². The number of nitrogens with zero attached hydrogens (tertiary/aromatic N) is 2. The van der Waals surface area contributed by atoms with Crippen LogP contribution in [0.15, 0.2) is 29.1 Å². The van der Waals surface area contributed by atoms with E-state index >= 15 is 0 Å². The molecule has 0 saturated carbocycles. The van der Waals surface area contributed by atoms with Crippen molar-refractivity contribution in [2.45, 2.75) is 20.4 Å². The van der Waals surface area contributed by atoms with Crippen LogP contribution in [0.1, 0.15) is 18.3 Å². The Morgan fingerprint density at radius 1 is 1.21 bits per heavy atom. The number of hydrazine groups is 2. The van der Waals surface area contributed by atoms with Gasteiger partial charge in [0, 0.05) is 13.7 Å². The van der Waals surface area contributed by atoms with Gasteiger partial charge in [0.1, 0.15) is 11.6 Å². The highest BCUT2D eigenvalue weighted by atomic mass is 16.5. The lowest BCUT2D eigenvalue weighted by Crippen LogP contribution is -2.35. The Balaban J connectivity index is 0.000000471. The van der Waals surface area contributed by atoms with Crippen LogP contribution in [0.4, 0.5) is 11.5 Å². The molecule has 8 nitrogen and oxygen atoms in total. The second-order valence-electron chi connectivity index (χ2n) is 5.10. The van der Waals surface area contributed by atoms with E-state index in [-0.39, 0.29) is 5.56 Å². The third-order valence-corrected chi connectivity index (χ3v) is 3.38. The van der Waals surface area contributed by atoms with E-state index in [0.717, 1.165) is 17.9 Å². The summed E-state index contributed by atoms with van der Waals surface area (Å²) in [6, 6.07) is 7.74. The predicted octanol–water partition coefficient (Wildman–Crippen LogP) is 1.59. The smallest absolute Gasteiger partial charge is 0.277 e. The molecule has 0 fully saturated rings. The minimum atomic E-state index is -0.183. The van der Waals surface area contributed by atoms with Crippen molar-refractivity contribution in [3.8, 4) is 5.75 Å². The van der Waals surface area contributed by atoms with Crippen LogP contribution in [0.25, 0.3) is 0 Å². The van der Waals surface area contributed by atoms with Crippen molar-refractivity contribution in [1.29, 1.82) is 0 Å². The van der Waals surface area contributed by atoms with Gasteiger partial charge < -0.3 is 14.5 Å². The molecular formula is C16H23N5O3. The lowest BCUT2D eigenvalue weighted by atomic mass is 10.2. The lowest BCUT2D eigenvalue weighted by Gasteiger charge is -2.17. The van der Waals surface area contributed by atoms with E-state index in [1.54, 1.807) is 26.2 Å². The molecule has 0 amide bonds. The Morgan fingerprint density at radius 3 is 2.46 bits per heavy atom. The molecule has 1 aromatic heterocycles. The van der Waals surface area contributed by atoms with Crippen LogP contribution >= 0.6 is 0 Å². The van der Waals surface area contributed by atoms with E-state index < -0.39 is 0 Å². The Hall–Kier alpha value is -2.58. The van der Waals surface area contributed by atoms with E-state index in [4.69, 9.17) is 4.74 Å². The molecule has 0 unspecified atom stereocenters. The van der Waals surface area contributed by atoms with Crippen LogP contribution in [0.5, 0.6) is 5.75 Å². The zero-order valence-corrected chi connectivity index (χ0v) is 14.3. The first-order valence-corrected chi connectivity index (χ1v) is 7.61. The average molecular weight is 333 g/mol. The summed E-state index contributed by atoms with van der Waals surface area (Å²) in [4.78, 5) is 18.8. The number of H-pyrrole nitrogens is 1. The second kappa shape index (κ2) is 8.32. The van der Waals surface area contributed by atoms with E-state index in [1.165, 1.54) is 0 Å². The number of anilines is 2. The van der Waals surface area contributed by atoms with Crippen molar-refractivity contribution >= 4 is 11.5 Å². The number of hydrogen-bond acceptors (Lipinski definition) is 7. The van der Waals surface area contributed by atoms with Gasteiger partial charge in [-0.25, -0.2) is 4.98 Å².